The lowest BCUT2D eigenvalue weighted by Gasteiger charge is -2.08. The van der Waals surface area contributed by atoms with Crippen LogP contribution in [0.3, 0.4) is 0 Å². The van der Waals surface area contributed by atoms with E-state index in [2.05, 4.69) is 10.1 Å². The molecule has 1 aliphatic rings. The summed E-state index contributed by atoms with van der Waals surface area (Å²) in [4.78, 5) is 13.6. The Kier molecular flexibility index (Phi) is 2.48. The molecule has 15 heavy (non-hydrogen) atoms. The van der Waals surface area contributed by atoms with E-state index in [1.165, 1.54) is 0 Å². The smallest absolute Gasteiger partial charge is 0.415 e. The van der Waals surface area contributed by atoms with Gasteiger partial charge in [-0.1, -0.05) is 18.2 Å². The highest BCUT2D eigenvalue weighted by Gasteiger charge is 2.23. The fourth-order valence-electron chi connectivity index (χ4n) is 1.55. The minimum absolute atomic E-state index is 0.382. The summed E-state index contributed by atoms with van der Waals surface area (Å²) in [5.41, 5.74) is 10.2. The van der Waals surface area contributed by atoms with Crippen molar-refractivity contribution >= 4 is 17.9 Å². The van der Waals surface area contributed by atoms with Gasteiger partial charge in [-0.25, -0.2) is 4.79 Å². The molecule has 1 aromatic carbocycles. The molecule has 1 heterocycles. The van der Waals surface area contributed by atoms with Crippen molar-refractivity contribution in [3.63, 3.8) is 0 Å². The Hall–Kier alpha value is -2.13. The predicted octanol–water partition coefficient (Wildman–Crippen LogP) is 0.824. The van der Waals surface area contributed by atoms with Gasteiger partial charge in [0.15, 0.2) is 6.23 Å². The molecule has 0 saturated heterocycles. The standard InChI is InChI=1S/C10H9N3O2/c11-12-6-10(14)15-9-5-7-3-1-2-4-8(7)13-9/h1-4,6,9,13H,5H2. The molecule has 0 radical (unpaired) electrons. The number of fused-ring (bicyclic) bond motifs is 1. The molecule has 0 bridgehead atoms. The Labute approximate surface area is 86.3 Å². The lowest BCUT2D eigenvalue weighted by molar-refractivity contribution is -0.142. The maximum Gasteiger partial charge on any atom is 0.415 e. The summed E-state index contributed by atoms with van der Waals surface area (Å²) in [7, 11) is 0. The van der Waals surface area contributed by atoms with Crippen LogP contribution in [0.2, 0.25) is 0 Å². The van der Waals surface area contributed by atoms with E-state index in [4.69, 9.17) is 10.3 Å². The number of para-hydroxylation sites is 1. The van der Waals surface area contributed by atoms with E-state index in [0.29, 0.717) is 6.42 Å². The SMILES string of the molecule is [N-]=[N+]=CC(=O)OC1Cc2ccccc2N1. The molecule has 1 atom stereocenters. The summed E-state index contributed by atoms with van der Waals surface area (Å²) in [5, 5.41) is 3.04. The van der Waals surface area contributed by atoms with Gasteiger partial charge in [-0.2, -0.15) is 4.79 Å². The van der Waals surface area contributed by atoms with E-state index in [-0.39, 0.29) is 6.23 Å². The van der Waals surface area contributed by atoms with Crippen LogP contribution >= 0.6 is 0 Å². The normalized spacial score (nSPS) is 17.2. The second-order valence-corrected chi connectivity index (χ2v) is 3.18. The number of carbonyl (C=O) groups is 1. The van der Waals surface area contributed by atoms with Crippen LogP contribution in [0.25, 0.3) is 5.53 Å². The van der Waals surface area contributed by atoms with Crippen molar-refractivity contribution in [2.75, 3.05) is 5.32 Å². The van der Waals surface area contributed by atoms with E-state index in [9.17, 15) is 4.79 Å². The molecular formula is C10H9N3O2. The first kappa shape index (κ1) is 9.43. The van der Waals surface area contributed by atoms with Gasteiger partial charge >= 0.3 is 12.2 Å². The Balaban J connectivity index is 2.01. The molecule has 76 valence electrons. The van der Waals surface area contributed by atoms with E-state index < -0.39 is 5.97 Å². The molecule has 0 spiro atoms. The Morgan fingerprint density at radius 1 is 1.60 bits per heavy atom. The van der Waals surface area contributed by atoms with Crippen LogP contribution in [0.4, 0.5) is 5.69 Å². The number of rotatable bonds is 2. The Bertz CT molecular complexity index is 413. The van der Waals surface area contributed by atoms with Gasteiger partial charge in [0, 0.05) is 12.1 Å². The number of hydrogen-bond donors (Lipinski definition) is 1. The Morgan fingerprint density at radius 2 is 2.40 bits per heavy atom. The van der Waals surface area contributed by atoms with Gasteiger partial charge in [0.25, 0.3) is 0 Å². The van der Waals surface area contributed by atoms with Gasteiger partial charge in [0.05, 0.1) is 0 Å². The van der Waals surface area contributed by atoms with Crippen LogP contribution < -0.4 is 5.32 Å². The van der Waals surface area contributed by atoms with Gasteiger partial charge in [-0.05, 0) is 11.6 Å². The number of esters is 1. The first-order valence-corrected chi connectivity index (χ1v) is 4.52. The topological polar surface area (TPSA) is 74.7 Å². The molecule has 1 unspecified atom stereocenters. The average Bonchev–Trinajstić information content (AvgIpc) is 2.59. The number of ether oxygens (including phenoxy) is 1. The fraction of sp³-hybridized carbons (Fsp3) is 0.200. The summed E-state index contributed by atoms with van der Waals surface area (Å²) in [6, 6.07) is 7.73. The molecule has 1 aliphatic heterocycles. The number of anilines is 1. The van der Waals surface area contributed by atoms with Crippen molar-refractivity contribution in [3.8, 4) is 0 Å². The lowest BCUT2D eigenvalue weighted by atomic mass is 10.2. The number of hydrogen-bond acceptors (Lipinski definition) is 3. The van der Waals surface area contributed by atoms with Crippen molar-refractivity contribution in [1.82, 2.24) is 0 Å². The summed E-state index contributed by atoms with van der Waals surface area (Å²) < 4.78 is 4.97. The van der Waals surface area contributed by atoms with Gasteiger partial charge in [-0.3, -0.25) is 0 Å². The quantitative estimate of drug-likeness (QED) is 0.334. The van der Waals surface area contributed by atoms with Crippen LogP contribution in [-0.4, -0.2) is 23.2 Å². The van der Waals surface area contributed by atoms with Crippen LogP contribution in [0, 0.1) is 0 Å². The van der Waals surface area contributed by atoms with Crippen molar-refractivity contribution in [2.45, 2.75) is 12.6 Å². The predicted molar refractivity (Wildman–Crippen MR) is 53.3 cm³/mol. The van der Waals surface area contributed by atoms with Crippen molar-refractivity contribution in [1.29, 1.82) is 0 Å². The first-order valence-electron chi connectivity index (χ1n) is 4.52. The summed E-state index contributed by atoms with van der Waals surface area (Å²) in [5.74, 6) is -0.664. The molecule has 0 saturated carbocycles. The lowest BCUT2D eigenvalue weighted by Crippen LogP contribution is -2.24. The van der Waals surface area contributed by atoms with E-state index in [1.54, 1.807) is 0 Å². The third-order valence-electron chi connectivity index (χ3n) is 2.16. The van der Waals surface area contributed by atoms with Gasteiger partial charge in [0.1, 0.15) is 0 Å². The maximum atomic E-state index is 11.0. The van der Waals surface area contributed by atoms with Crippen LogP contribution in [0.15, 0.2) is 24.3 Å². The molecule has 0 amide bonds. The molecule has 0 fully saturated rings. The van der Waals surface area contributed by atoms with Gasteiger partial charge in [-0.15, -0.1) is 0 Å². The highest BCUT2D eigenvalue weighted by Crippen LogP contribution is 2.25. The monoisotopic (exact) mass is 203 g/mol. The number of nitrogens with zero attached hydrogens (tertiary/aromatic N) is 2. The number of carbonyl (C=O) groups excluding carboxylic acids is 1. The van der Waals surface area contributed by atoms with E-state index in [0.717, 1.165) is 17.5 Å². The highest BCUT2D eigenvalue weighted by molar-refractivity contribution is 6.20. The zero-order valence-corrected chi connectivity index (χ0v) is 7.88. The Morgan fingerprint density at radius 3 is 3.13 bits per heavy atom. The van der Waals surface area contributed by atoms with Crippen molar-refractivity contribution in [2.24, 2.45) is 0 Å². The van der Waals surface area contributed by atoms with E-state index in [1.807, 2.05) is 24.3 Å². The zero-order chi connectivity index (χ0) is 10.7. The molecule has 1 N–H and O–H groups in total. The molecule has 0 aliphatic carbocycles. The largest absolute Gasteiger partial charge is 0.433 e. The van der Waals surface area contributed by atoms with Gasteiger partial charge < -0.3 is 15.6 Å². The minimum atomic E-state index is -0.664. The third kappa shape index (κ3) is 2.03. The molecule has 5 nitrogen and oxygen atoms in total. The van der Waals surface area contributed by atoms with Crippen molar-refractivity contribution in [3.05, 3.63) is 35.4 Å². The molecule has 2 rings (SSSR count). The van der Waals surface area contributed by atoms with Crippen LogP contribution in [0.5, 0.6) is 0 Å². The van der Waals surface area contributed by atoms with E-state index >= 15 is 0 Å². The fourth-order valence-corrected chi connectivity index (χ4v) is 1.55. The maximum absolute atomic E-state index is 11.0. The average molecular weight is 203 g/mol. The van der Waals surface area contributed by atoms with Crippen LogP contribution in [0.1, 0.15) is 5.56 Å². The molecule has 0 aromatic heterocycles. The number of benzene rings is 1. The second kappa shape index (κ2) is 3.94. The summed E-state index contributed by atoms with van der Waals surface area (Å²) >= 11 is 0. The van der Waals surface area contributed by atoms with Gasteiger partial charge in [0.2, 0.25) is 0 Å². The molecular weight excluding hydrogens is 194 g/mol. The number of nitrogens with one attached hydrogen (secondary N) is 1. The highest BCUT2D eigenvalue weighted by atomic mass is 16.6. The first-order chi connectivity index (χ1) is 7.29. The zero-order valence-electron chi connectivity index (χ0n) is 7.88. The summed E-state index contributed by atoms with van der Waals surface area (Å²) in [6.45, 7) is 0. The minimum Gasteiger partial charge on any atom is -0.433 e. The molecule has 1 aromatic rings. The molecule has 5 heteroatoms. The van der Waals surface area contributed by atoms with Crippen LogP contribution in [-0.2, 0) is 16.0 Å². The van der Waals surface area contributed by atoms with Crippen molar-refractivity contribution < 1.29 is 14.3 Å². The summed E-state index contributed by atoms with van der Waals surface area (Å²) in [6.07, 6.45) is 0.971. The third-order valence-corrected chi connectivity index (χ3v) is 2.16. The second-order valence-electron chi connectivity index (χ2n) is 3.18.